The van der Waals surface area contributed by atoms with E-state index >= 15 is 0 Å². The molecular formula is C18H13N3O3S2. The zero-order valence-electron chi connectivity index (χ0n) is 13.6. The number of nitrogens with one attached hydrogen (secondary N) is 1. The van der Waals surface area contributed by atoms with Gasteiger partial charge in [-0.1, -0.05) is 30.3 Å². The number of hydrogen-bond donors (Lipinski definition) is 1. The normalized spacial score (nSPS) is 11.7. The van der Waals surface area contributed by atoms with E-state index in [0.717, 1.165) is 16.5 Å². The molecule has 0 unspecified atom stereocenters. The second-order valence-corrected chi connectivity index (χ2v) is 8.54. The quantitative estimate of drug-likeness (QED) is 0.587. The van der Waals surface area contributed by atoms with Gasteiger partial charge in [-0.25, -0.2) is 23.1 Å². The summed E-state index contributed by atoms with van der Waals surface area (Å²) in [4.78, 5) is 21.7. The van der Waals surface area contributed by atoms with Crippen LogP contribution < -0.4 is 4.72 Å². The third-order valence-corrected chi connectivity index (χ3v) is 5.37. The van der Waals surface area contributed by atoms with Gasteiger partial charge in [-0.2, -0.15) is 0 Å². The highest BCUT2D eigenvalue weighted by atomic mass is 32.2. The molecule has 2 aromatic carbocycles. The van der Waals surface area contributed by atoms with Crippen molar-refractivity contribution in [2.75, 3.05) is 6.26 Å². The fourth-order valence-electron chi connectivity index (χ4n) is 2.68. The van der Waals surface area contributed by atoms with Gasteiger partial charge in [0.1, 0.15) is 10.7 Å². The fraction of sp³-hybridized carbons (Fsp3) is 0.0556. The van der Waals surface area contributed by atoms with E-state index in [1.54, 1.807) is 24.3 Å². The Bertz CT molecular complexity index is 1230. The van der Waals surface area contributed by atoms with Gasteiger partial charge in [0.25, 0.3) is 5.91 Å². The summed E-state index contributed by atoms with van der Waals surface area (Å²) >= 11 is 1.47. The van der Waals surface area contributed by atoms with Crippen LogP contribution in [0.5, 0.6) is 0 Å². The average molecular weight is 383 g/mol. The number of para-hydroxylation sites is 2. The lowest BCUT2D eigenvalue weighted by molar-refractivity contribution is 0.0983. The number of carbonyl (C=O) groups is 1. The molecule has 2 heterocycles. The predicted octanol–water partition coefficient (Wildman–Crippen LogP) is 3.20. The first-order valence-corrected chi connectivity index (χ1v) is 10.4. The summed E-state index contributed by atoms with van der Waals surface area (Å²) in [5, 5.41) is 1.25. The molecular weight excluding hydrogens is 370 g/mol. The minimum atomic E-state index is -3.67. The topological polar surface area (TPSA) is 89.0 Å². The molecule has 130 valence electrons. The molecule has 0 spiro atoms. The van der Waals surface area contributed by atoms with E-state index in [9.17, 15) is 13.2 Å². The van der Waals surface area contributed by atoms with Crippen LogP contribution in [-0.2, 0) is 10.0 Å². The van der Waals surface area contributed by atoms with Gasteiger partial charge in [-0.3, -0.25) is 4.79 Å². The third kappa shape index (κ3) is 3.16. The average Bonchev–Trinajstić information content (AvgIpc) is 3.03. The smallest absolute Gasteiger partial charge is 0.265 e. The number of fused-ring (bicyclic) bond motifs is 2. The van der Waals surface area contributed by atoms with E-state index in [0.29, 0.717) is 21.6 Å². The number of benzene rings is 2. The van der Waals surface area contributed by atoms with Crippen LogP contribution in [0, 0.1) is 0 Å². The van der Waals surface area contributed by atoms with Crippen LogP contribution in [0.15, 0.2) is 54.6 Å². The maximum absolute atomic E-state index is 12.5. The number of sulfonamides is 1. The Kier molecular flexibility index (Phi) is 3.93. The number of aromatic nitrogens is 2. The van der Waals surface area contributed by atoms with Gasteiger partial charge < -0.3 is 0 Å². The van der Waals surface area contributed by atoms with Crippen LogP contribution in [0.4, 0.5) is 0 Å². The van der Waals surface area contributed by atoms with Gasteiger partial charge in [0.2, 0.25) is 10.0 Å². The summed E-state index contributed by atoms with van der Waals surface area (Å²) in [6, 6.07) is 16.4. The minimum absolute atomic E-state index is 0.246. The van der Waals surface area contributed by atoms with Crippen LogP contribution in [0.25, 0.3) is 31.8 Å². The zero-order valence-corrected chi connectivity index (χ0v) is 15.3. The van der Waals surface area contributed by atoms with Gasteiger partial charge >= 0.3 is 0 Å². The number of rotatable bonds is 3. The molecule has 4 aromatic rings. The Balaban J connectivity index is 1.92. The molecule has 26 heavy (non-hydrogen) atoms. The van der Waals surface area contributed by atoms with Crippen molar-refractivity contribution in [2.24, 2.45) is 0 Å². The molecule has 0 radical (unpaired) electrons. The molecule has 0 saturated heterocycles. The predicted molar refractivity (Wildman–Crippen MR) is 103 cm³/mol. The van der Waals surface area contributed by atoms with E-state index in [-0.39, 0.29) is 5.56 Å². The summed E-state index contributed by atoms with van der Waals surface area (Å²) < 4.78 is 26.0. The van der Waals surface area contributed by atoms with Gasteiger partial charge in [-0.15, -0.1) is 11.3 Å². The minimum Gasteiger partial charge on any atom is -0.268 e. The van der Waals surface area contributed by atoms with Crippen LogP contribution in [0.2, 0.25) is 0 Å². The highest BCUT2D eigenvalue weighted by Gasteiger charge is 2.18. The van der Waals surface area contributed by atoms with Crippen molar-refractivity contribution >= 4 is 48.4 Å². The molecule has 0 aliphatic heterocycles. The van der Waals surface area contributed by atoms with Crippen molar-refractivity contribution in [3.63, 3.8) is 0 Å². The molecule has 0 atom stereocenters. The summed E-state index contributed by atoms with van der Waals surface area (Å²) in [5.74, 6) is -0.687. The lowest BCUT2D eigenvalue weighted by atomic mass is 10.1. The van der Waals surface area contributed by atoms with Crippen LogP contribution in [0.1, 0.15) is 10.4 Å². The van der Waals surface area contributed by atoms with Gasteiger partial charge in [0.05, 0.1) is 27.6 Å². The van der Waals surface area contributed by atoms with Crippen molar-refractivity contribution in [1.82, 2.24) is 14.7 Å². The summed E-state index contributed by atoms with van der Waals surface area (Å²) in [6.45, 7) is 0. The lowest BCUT2D eigenvalue weighted by Crippen LogP contribution is -2.29. The highest BCUT2D eigenvalue weighted by molar-refractivity contribution is 7.89. The highest BCUT2D eigenvalue weighted by Crippen LogP contribution is 2.31. The third-order valence-electron chi connectivity index (χ3n) is 3.75. The Morgan fingerprint density at radius 1 is 1.00 bits per heavy atom. The van der Waals surface area contributed by atoms with Crippen LogP contribution in [-0.4, -0.2) is 30.5 Å². The SMILES string of the molecule is CS(=O)(=O)NC(=O)c1cc(-c2nc3ccccc3s2)nc2ccccc12. The van der Waals surface area contributed by atoms with Crippen LogP contribution >= 0.6 is 11.3 Å². The first kappa shape index (κ1) is 16.6. The number of nitrogens with zero attached hydrogens (tertiary/aromatic N) is 2. The van der Waals surface area contributed by atoms with Gasteiger partial charge in [-0.05, 0) is 24.3 Å². The molecule has 8 heteroatoms. The molecule has 0 aliphatic rings. The van der Waals surface area contributed by atoms with Crippen molar-refractivity contribution in [3.8, 4) is 10.7 Å². The number of hydrogen-bond acceptors (Lipinski definition) is 6. The number of thiazole rings is 1. The molecule has 4 rings (SSSR count). The number of carbonyl (C=O) groups excluding carboxylic acids is 1. The lowest BCUT2D eigenvalue weighted by Gasteiger charge is -2.08. The van der Waals surface area contributed by atoms with E-state index in [2.05, 4.69) is 9.97 Å². The maximum Gasteiger partial charge on any atom is 0.265 e. The first-order chi connectivity index (χ1) is 12.4. The van der Waals surface area contributed by atoms with Crippen LogP contribution in [0.3, 0.4) is 0 Å². The first-order valence-electron chi connectivity index (χ1n) is 7.68. The number of pyridine rings is 1. The molecule has 1 amide bonds. The van der Waals surface area contributed by atoms with Gasteiger partial charge in [0.15, 0.2) is 0 Å². The number of amides is 1. The Hall–Kier alpha value is -2.84. The summed E-state index contributed by atoms with van der Waals surface area (Å²) in [7, 11) is -3.67. The Labute approximate surface area is 153 Å². The Morgan fingerprint density at radius 2 is 1.69 bits per heavy atom. The molecule has 6 nitrogen and oxygen atoms in total. The monoisotopic (exact) mass is 383 g/mol. The summed E-state index contributed by atoms with van der Waals surface area (Å²) in [6.07, 6.45) is 0.947. The van der Waals surface area contributed by atoms with Gasteiger partial charge in [0, 0.05) is 5.39 Å². The molecule has 0 aliphatic carbocycles. The molecule has 0 fully saturated rings. The van der Waals surface area contributed by atoms with E-state index in [1.165, 1.54) is 11.3 Å². The second-order valence-electron chi connectivity index (χ2n) is 5.76. The second kappa shape index (κ2) is 6.15. The standard InChI is InChI=1S/C18H13N3O3S2/c1-26(23,24)21-17(22)12-10-15(19-13-7-3-2-6-11(12)13)18-20-14-8-4-5-9-16(14)25-18/h2-10H,1H3,(H,21,22). The molecule has 2 aromatic heterocycles. The molecule has 1 N–H and O–H groups in total. The maximum atomic E-state index is 12.5. The van der Waals surface area contributed by atoms with E-state index < -0.39 is 15.9 Å². The molecule has 0 bridgehead atoms. The van der Waals surface area contributed by atoms with E-state index in [4.69, 9.17) is 0 Å². The molecule has 0 saturated carbocycles. The van der Waals surface area contributed by atoms with Crippen molar-refractivity contribution in [3.05, 3.63) is 60.2 Å². The van der Waals surface area contributed by atoms with Crippen molar-refractivity contribution in [2.45, 2.75) is 0 Å². The zero-order chi connectivity index (χ0) is 18.3. The summed E-state index contributed by atoms with van der Waals surface area (Å²) in [5.41, 5.74) is 2.23. The van der Waals surface area contributed by atoms with Crippen molar-refractivity contribution < 1.29 is 13.2 Å². The van der Waals surface area contributed by atoms with Crippen molar-refractivity contribution in [1.29, 1.82) is 0 Å². The Morgan fingerprint density at radius 3 is 2.42 bits per heavy atom. The largest absolute Gasteiger partial charge is 0.268 e. The van der Waals surface area contributed by atoms with E-state index in [1.807, 2.05) is 35.1 Å². The fourth-order valence-corrected chi connectivity index (χ4v) is 4.05.